The van der Waals surface area contributed by atoms with Crippen LogP contribution in [0.25, 0.3) is 0 Å². The van der Waals surface area contributed by atoms with Gasteiger partial charge in [-0.3, -0.25) is 9.59 Å². The number of ether oxygens (including phenoxy) is 1. The van der Waals surface area contributed by atoms with Crippen molar-refractivity contribution in [3.63, 3.8) is 0 Å². The topological polar surface area (TPSA) is 67.4 Å². The first-order chi connectivity index (χ1) is 6.74. The van der Waals surface area contributed by atoms with E-state index in [1.165, 1.54) is 7.11 Å². The molecule has 1 atom stereocenters. The quantitative estimate of drug-likeness (QED) is 0.658. The average molecular weight is 237 g/mol. The largest absolute Gasteiger partial charge is 0.469 e. The third-order valence-electron chi connectivity index (χ3n) is 2.29. The normalized spacial score (nSPS) is 19.1. The highest BCUT2D eigenvalue weighted by molar-refractivity contribution is 5.85. The smallest absolute Gasteiger partial charge is 0.307 e. The van der Waals surface area contributed by atoms with E-state index in [4.69, 9.17) is 0 Å². The van der Waals surface area contributed by atoms with E-state index in [2.05, 4.69) is 15.4 Å². The molecule has 0 aromatic rings. The first kappa shape index (κ1) is 14.2. The summed E-state index contributed by atoms with van der Waals surface area (Å²) in [4.78, 5) is 22.1. The minimum Gasteiger partial charge on any atom is -0.469 e. The molecule has 0 saturated carbocycles. The zero-order valence-corrected chi connectivity index (χ0v) is 9.56. The fourth-order valence-corrected chi connectivity index (χ4v) is 1.41. The molecular weight excluding hydrogens is 220 g/mol. The summed E-state index contributed by atoms with van der Waals surface area (Å²) in [5.74, 6) is -0.207. The van der Waals surface area contributed by atoms with Crippen molar-refractivity contribution in [1.29, 1.82) is 0 Å². The fraction of sp³-hybridized carbons (Fsp3) is 0.778. The molecule has 0 radical (unpaired) electrons. The molecule has 1 saturated heterocycles. The minimum atomic E-state index is -0.296. The van der Waals surface area contributed by atoms with Crippen LogP contribution in [-0.4, -0.2) is 38.6 Å². The molecule has 1 aliphatic heterocycles. The lowest BCUT2D eigenvalue weighted by Gasteiger charge is -2.08. The summed E-state index contributed by atoms with van der Waals surface area (Å²) in [6.45, 7) is 2.00. The van der Waals surface area contributed by atoms with Gasteiger partial charge in [-0.2, -0.15) is 0 Å². The molecule has 0 aliphatic carbocycles. The first-order valence-electron chi connectivity index (χ1n) is 4.79. The van der Waals surface area contributed by atoms with Crippen molar-refractivity contribution < 1.29 is 14.3 Å². The summed E-state index contributed by atoms with van der Waals surface area (Å²) in [6.07, 6.45) is 1.12. The Hall–Kier alpha value is -0.810. The Balaban J connectivity index is 0.00000196. The highest BCUT2D eigenvalue weighted by atomic mass is 35.5. The number of carbonyl (C=O) groups is 2. The van der Waals surface area contributed by atoms with Gasteiger partial charge in [0.25, 0.3) is 0 Å². The molecule has 1 fully saturated rings. The van der Waals surface area contributed by atoms with E-state index in [9.17, 15) is 9.59 Å². The molecule has 1 aliphatic rings. The van der Waals surface area contributed by atoms with Crippen LogP contribution in [0.2, 0.25) is 0 Å². The number of hydrogen-bond donors (Lipinski definition) is 2. The zero-order chi connectivity index (χ0) is 10.4. The van der Waals surface area contributed by atoms with E-state index in [0.717, 1.165) is 19.5 Å². The van der Waals surface area contributed by atoms with Crippen molar-refractivity contribution in [3.8, 4) is 0 Å². The molecule has 2 N–H and O–H groups in total. The van der Waals surface area contributed by atoms with Crippen molar-refractivity contribution in [1.82, 2.24) is 10.6 Å². The minimum absolute atomic E-state index is 0. The number of nitrogens with one attached hydrogen (secondary N) is 2. The van der Waals surface area contributed by atoms with Crippen LogP contribution in [0.3, 0.4) is 0 Å². The second kappa shape index (κ2) is 7.48. The van der Waals surface area contributed by atoms with Crippen LogP contribution >= 0.6 is 12.4 Å². The van der Waals surface area contributed by atoms with Crippen LogP contribution in [0.4, 0.5) is 0 Å². The molecule has 0 spiro atoms. The lowest BCUT2D eigenvalue weighted by Crippen LogP contribution is -2.33. The highest BCUT2D eigenvalue weighted by Gasteiger charge is 2.21. The first-order valence-corrected chi connectivity index (χ1v) is 4.79. The lowest BCUT2D eigenvalue weighted by molar-refractivity contribution is -0.140. The second-order valence-corrected chi connectivity index (χ2v) is 3.31. The molecule has 6 heteroatoms. The monoisotopic (exact) mass is 236 g/mol. The van der Waals surface area contributed by atoms with Crippen LogP contribution in [-0.2, 0) is 14.3 Å². The Morgan fingerprint density at radius 3 is 2.80 bits per heavy atom. The van der Waals surface area contributed by atoms with E-state index in [-0.39, 0.29) is 36.6 Å². The van der Waals surface area contributed by atoms with Crippen LogP contribution < -0.4 is 10.6 Å². The van der Waals surface area contributed by atoms with Gasteiger partial charge in [-0.15, -0.1) is 12.4 Å². The molecule has 0 aromatic heterocycles. The van der Waals surface area contributed by atoms with E-state index >= 15 is 0 Å². The molecular formula is C9H17ClN2O3. The summed E-state index contributed by atoms with van der Waals surface area (Å²) >= 11 is 0. The molecule has 1 rings (SSSR count). The maximum absolute atomic E-state index is 11.4. The number of halogens is 1. The number of rotatable bonds is 4. The third-order valence-corrected chi connectivity index (χ3v) is 2.29. The Morgan fingerprint density at radius 2 is 2.27 bits per heavy atom. The van der Waals surface area contributed by atoms with Crippen molar-refractivity contribution >= 4 is 24.3 Å². The average Bonchev–Trinajstić information content (AvgIpc) is 2.70. The predicted octanol–water partition coefficient (Wildman–Crippen LogP) is -0.303. The maximum Gasteiger partial charge on any atom is 0.307 e. The van der Waals surface area contributed by atoms with Gasteiger partial charge in [0.1, 0.15) is 0 Å². The van der Waals surface area contributed by atoms with Crippen molar-refractivity contribution in [2.75, 3.05) is 26.7 Å². The number of amides is 1. The van der Waals surface area contributed by atoms with E-state index in [0.29, 0.717) is 6.54 Å². The number of esters is 1. The Labute approximate surface area is 95.3 Å². The summed E-state index contributed by atoms with van der Waals surface area (Å²) < 4.78 is 4.45. The van der Waals surface area contributed by atoms with Gasteiger partial charge in [0, 0.05) is 13.1 Å². The van der Waals surface area contributed by atoms with Gasteiger partial charge in [-0.1, -0.05) is 0 Å². The van der Waals surface area contributed by atoms with Crippen LogP contribution in [0.15, 0.2) is 0 Å². The summed E-state index contributed by atoms with van der Waals surface area (Å²) in [6, 6.07) is 0. The third kappa shape index (κ3) is 4.99. The number of methoxy groups -OCH3 is 1. The Bertz CT molecular complexity index is 217. The fourth-order valence-electron chi connectivity index (χ4n) is 1.41. The van der Waals surface area contributed by atoms with Crippen LogP contribution in [0, 0.1) is 5.92 Å². The van der Waals surface area contributed by atoms with Gasteiger partial charge >= 0.3 is 5.97 Å². The second-order valence-electron chi connectivity index (χ2n) is 3.31. The lowest BCUT2D eigenvalue weighted by atomic mass is 10.1. The van der Waals surface area contributed by atoms with Gasteiger partial charge in [0.15, 0.2) is 0 Å². The van der Waals surface area contributed by atoms with E-state index in [1.807, 2.05) is 0 Å². The predicted molar refractivity (Wildman–Crippen MR) is 57.9 cm³/mol. The maximum atomic E-state index is 11.4. The van der Waals surface area contributed by atoms with Gasteiger partial charge < -0.3 is 15.4 Å². The molecule has 0 bridgehead atoms. The molecule has 1 amide bonds. The molecule has 15 heavy (non-hydrogen) atoms. The Morgan fingerprint density at radius 1 is 1.53 bits per heavy atom. The SMILES string of the molecule is COC(=O)CCNC(=O)C1CCNC1.Cl. The van der Waals surface area contributed by atoms with Crippen molar-refractivity contribution in [3.05, 3.63) is 0 Å². The molecule has 1 heterocycles. The molecule has 5 nitrogen and oxygen atoms in total. The summed E-state index contributed by atoms with van der Waals surface area (Å²) in [7, 11) is 1.34. The number of hydrogen-bond acceptors (Lipinski definition) is 4. The summed E-state index contributed by atoms with van der Waals surface area (Å²) in [5.41, 5.74) is 0. The standard InChI is InChI=1S/C9H16N2O3.ClH/c1-14-8(12)3-5-11-9(13)7-2-4-10-6-7;/h7,10H,2-6H2,1H3,(H,11,13);1H. The van der Waals surface area contributed by atoms with E-state index < -0.39 is 0 Å². The van der Waals surface area contributed by atoms with Gasteiger partial charge in [0.2, 0.25) is 5.91 Å². The van der Waals surface area contributed by atoms with Gasteiger partial charge in [0.05, 0.1) is 19.4 Å². The Kier molecular flexibility index (Phi) is 7.07. The molecule has 88 valence electrons. The van der Waals surface area contributed by atoms with Crippen molar-refractivity contribution in [2.24, 2.45) is 5.92 Å². The van der Waals surface area contributed by atoms with Crippen molar-refractivity contribution in [2.45, 2.75) is 12.8 Å². The zero-order valence-electron chi connectivity index (χ0n) is 8.75. The molecule has 1 unspecified atom stereocenters. The van der Waals surface area contributed by atoms with Gasteiger partial charge in [-0.05, 0) is 13.0 Å². The van der Waals surface area contributed by atoms with Crippen LogP contribution in [0.1, 0.15) is 12.8 Å². The summed E-state index contributed by atoms with van der Waals surface area (Å²) in [5, 5.41) is 5.82. The number of carbonyl (C=O) groups excluding carboxylic acids is 2. The van der Waals surface area contributed by atoms with E-state index in [1.54, 1.807) is 0 Å². The highest BCUT2D eigenvalue weighted by Crippen LogP contribution is 2.06. The van der Waals surface area contributed by atoms with Crippen LogP contribution in [0.5, 0.6) is 0 Å². The van der Waals surface area contributed by atoms with Gasteiger partial charge in [-0.25, -0.2) is 0 Å². The molecule has 0 aromatic carbocycles.